The Labute approximate surface area is 178 Å². The van der Waals surface area contributed by atoms with E-state index >= 15 is 0 Å². The normalized spacial score (nSPS) is 20.7. The van der Waals surface area contributed by atoms with Gasteiger partial charge in [0.1, 0.15) is 0 Å². The first-order valence-electron chi connectivity index (χ1n) is 10.7. The van der Waals surface area contributed by atoms with Crippen LogP contribution in [-0.2, 0) is 10.2 Å². The number of ether oxygens (including phenoxy) is 1. The van der Waals surface area contributed by atoms with Crippen molar-refractivity contribution in [3.05, 3.63) is 42.2 Å². The molecule has 1 unspecified atom stereocenters. The summed E-state index contributed by atoms with van der Waals surface area (Å²) in [6, 6.07) is 8.26. The van der Waals surface area contributed by atoms with Crippen LogP contribution >= 0.6 is 0 Å². The summed E-state index contributed by atoms with van der Waals surface area (Å²) in [7, 11) is 2.12. The molecular weight excluding hydrogens is 378 g/mol. The molecule has 0 N–H and O–H groups in total. The van der Waals surface area contributed by atoms with Crippen molar-refractivity contribution >= 4 is 17.4 Å². The summed E-state index contributed by atoms with van der Waals surface area (Å²) >= 11 is 0. The molecule has 0 spiro atoms. The summed E-state index contributed by atoms with van der Waals surface area (Å²) in [5.74, 6) is 1.16. The minimum atomic E-state index is -0.532. The molecule has 2 aliphatic rings. The van der Waals surface area contributed by atoms with Gasteiger partial charge in [0, 0.05) is 57.2 Å². The number of hydrogen-bond donors (Lipinski definition) is 0. The number of piperazine rings is 1. The average molecular weight is 410 g/mol. The minimum absolute atomic E-state index is 0.0199. The molecule has 0 saturated carbocycles. The zero-order chi connectivity index (χ0) is 21.3. The molecule has 0 bridgehead atoms. The highest BCUT2D eigenvalue weighted by Gasteiger charge is 2.35. The Kier molecular flexibility index (Phi) is 5.64. The number of rotatable bonds is 4. The molecule has 1 amide bonds. The van der Waals surface area contributed by atoms with Gasteiger partial charge >= 0.3 is 0 Å². The lowest BCUT2D eigenvalue weighted by atomic mass is 9.87. The summed E-state index contributed by atoms with van der Waals surface area (Å²) in [5, 5.41) is 0. The van der Waals surface area contributed by atoms with Crippen LogP contribution in [-0.4, -0.2) is 66.7 Å². The molecule has 7 heteroatoms. The number of nitrogens with zero attached hydrogens (tertiary/aromatic N) is 5. The van der Waals surface area contributed by atoms with E-state index in [1.54, 1.807) is 12.4 Å². The molecule has 1 aromatic carbocycles. The summed E-state index contributed by atoms with van der Waals surface area (Å²) in [5.41, 5.74) is 2.25. The largest absolute Gasteiger partial charge is 0.462 e. The van der Waals surface area contributed by atoms with Crippen molar-refractivity contribution in [2.24, 2.45) is 0 Å². The summed E-state index contributed by atoms with van der Waals surface area (Å²) in [6.07, 6.45) is 3.41. The van der Waals surface area contributed by atoms with E-state index in [2.05, 4.69) is 59.7 Å². The van der Waals surface area contributed by atoms with E-state index in [1.807, 2.05) is 17.0 Å². The predicted molar refractivity (Wildman–Crippen MR) is 118 cm³/mol. The summed E-state index contributed by atoms with van der Waals surface area (Å²) in [4.78, 5) is 28.2. The molecule has 0 radical (unpaired) electrons. The second-order valence-electron chi connectivity index (χ2n) is 9.16. The Bertz CT molecular complexity index is 885. The first-order chi connectivity index (χ1) is 14.3. The number of anilines is 2. The average Bonchev–Trinajstić information content (AvgIpc) is 3.09. The molecule has 2 saturated heterocycles. The van der Waals surface area contributed by atoms with Gasteiger partial charge in [0.2, 0.25) is 0 Å². The second-order valence-corrected chi connectivity index (χ2v) is 9.16. The predicted octanol–water partition coefficient (Wildman–Crippen LogP) is 2.71. The van der Waals surface area contributed by atoms with Gasteiger partial charge < -0.3 is 19.4 Å². The van der Waals surface area contributed by atoms with E-state index in [4.69, 9.17) is 4.74 Å². The van der Waals surface area contributed by atoms with Gasteiger partial charge in [-0.1, -0.05) is 32.9 Å². The van der Waals surface area contributed by atoms with Crippen molar-refractivity contribution in [2.75, 3.05) is 49.6 Å². The molecule has 2 fully saturated rings. The van der Waals surface area contributed by atoms with Crippen LogP contribution in [0.5, 0.6) is 5.88 Å². The Morgan fingerprint density at radius 3 is 2.30 bits per heavy atom. The maximum Gasteiger partial charge on any atom is 0.268 e. The topological polar surface area (TPSA) is 61.8 Å². The highest BCUT2D eigenvalue weighted by molar-refractivity contribution is 5.99. The molecule has 7 nitrogen and oxygen atoms in total. The monoisotopic (exact) mass is 409 g/mol. The van der Waals surface area contributed by atoms with E-state index in [-0.39, 0.29) is 11.3 Å². The third kappa shape index (κ3) is 4.26. The van der Waals surface area contributed by atoms with Crippen LogP contribution in [0.2, 0.25) is 0 Å². The van der Waals surface area contributed by atoms with Crippen molar-refractivity contribution in [1.29, 1.82) is 0 Å². The fourth-order valence-corrected chi connectivity index (χ4v) is 3.93. The van der Waals surface area contributed by atoms with Crippen molar-refractivity contribution in [1.82, 2.24) is 14.9 Å². The molecule has 1 atom stereocenters. The van der Waals surface area contributed by atoms with Crippen LogP contribution in [0.1, 0.15) is 32.8 Å². The standard InChI is InChI=1S/C23H31N5O2/c1-23(2,3)17-5-7-18(8-6-17)28-12-9-19(22(28)29)30-21-20(24-10-11-25-21)27-15-13-26(4)14-16-27/h5-8,10-11,19H,9,12-16H2,1-4H3. The maximum absolute atomic E-state index is 13.1. The molecule has 0 aliphatic carbocycles. The van der Waals surface area contributed by atoms with E-state index < -0.39 is 6.10 Å². The summed E-state index contributed by atoms with van der Waals surface area (Å²) in [6.45, 7) is 10.9. The van der Waals surface area contributed by atoms with Gasteiger partial charge in [0.05, 0.1) is 0 Å². The third-order valence-corrected chi connectivity index (χ3v) is 5.90. The Hall–Kier alpha value is -2.67. The molecule has 3 heterocycles. The zero-order valence-electron chi connectivity index (χ0n) is 18.3. The van der Waals surface area contributed by atoms with Gasteiger partial charge in [-0.3, -0.25) is 4.79 Å². The molecule has 2 aromatic rings. The van der Waals surface area contributed by atoms with Crippen molar-refractivity contribution < 1.29 is 9.53 Å². The highest BCUT2D eigenvalue weighted by Crippen LogP contribution is 2.30. The quantitative estimate of drug-likeness (QED) is 0.774. The fourth-order valence-electron chi connectivity index (χ4n) is 3.93. The Balaban J connectivity index is 1.46. The number of benzene rings is 1. The first kappa shape index (κ1) is 20.6. The van der Waals surface area contributed by atoms with Crippen LogP contribution in [0.15, 0.2) is 36.7 Å². The minimum Gasteiger partial charge on any atom is -0.462 e. The fraction of sp³-hybridized carbons (Fsp3) is 0.522. The number of likely N-dealkylation sites (N-methyl/N-ethyl adjacent to an activating group) is 1. The Morgan fingerprint density at radius 1 is 0.967 bits per heavy atom. The zero-order valence-corrected chi connectivity index (χ0v) is 18.3. The summed E-state index contributed by atoms with van der Waals surface area (Å²) < 4.78 is 6.11. The van der Waals surface area contributed by atoms with Crippen molar-refractivity contribution in [3.63, 3.8) is 0 Å². The third-order valence-electron chi connectivity index (χ3n) is 5.90. The number of carbonyl (C=O) groups is 1. The molecule has 2 aliphatic heterocycles. The molecule has 30 heavy (non-hydrogen) atoms. The molecule has 160 valence electrons. The number of amides is 1. The van der Waals surface area contributed by atoms with Gasteiger partial charge in [0.25, 0.3) is 11.8 Å². The number of hydrogen-bond acceptors (Lipinski definition) is 6. The van der Waals surface area contributed by atoms with Crippen LogP contribution in [0.25, 0.3) is 0 Å². The highest BCUT2D eigenvalue weighted by atomic mass is 16.5. The smallest absolute Gasteiger partial charge is 0.268 e. The second kappa shape index (κ2) is 8.22. The van der Waals surface area contributed by atoms with Crippen molar-refractivity contribution in [3.8, 4) is 5.88 Å². The van der Waals surface area contributed by atoms with E-state index in [0.29, 0.717) is 18.8 Å². The van der Waals surface area contributed by atoms with E-state index in [9.17, 15) is 4.79 Å². The van der Waals surface area contributed by atoms with Crippen LogP contribution < -0.4 is 14.5 Å². The maximum atomic E-state index is 13.1. The lowest BCUT2D eigenvalue weighted by Gasteiger charge is -2.33. The van der Waals surface area contributed by atoms with Crippen molar-refractivity contribution in [2.45, 2.75) is 38.7 Å². The molecule has 4 rings (SSSR count). The first-order valence-corrected chi connectivity index (χ1v) is 10.7. The van der Waals surface area contributed by atoms with Gasteiger partial charge in [-0.25, -0.2) is 9.97 Å². The molecular formula is C23H31N5O2. The Morgan fingerprint density at radius 2 is 1.63 bits per heavy atom. The number of aromatic nitrogens is 2. The van der Waals surface area contributed by atoms with Crippen LogP contribution in [0.4, 0.5) is 11.5 Å². The molecule has 1 aromatic heterocycles. The van der Waals surface area contributed by atoms with Gasteiger partial charge in [-0.2, -0.15) is 0 Å². The SMILES string of the molecule is CN1CCN(c2nccnc2OC2CCN(c3ccc(C(C)(C)C)cc3)C2=O)CC1. The lowest BCUT2D eigenvalue weighted by molar-refractivity contribution is -0.123. The van der Waals surface area contributed by atoms with Crippen LogP contribution in [0, 0.1) is 0 Å². The van der Waals surface area contributed by atoms with Gasteiger partial charge in [-0.15, -0.1) is 0 Å². The van der Waals surface area contributed by atoms with E-state index in [0.717, 1.165) is 37.7 Å². The van der Waals surface area contributed by atoms with Gasteiger partial charge in [-0.05, 0) is 30.2 Å². The van der Waals surface area contributed by atoms with E-state index in [1.165, 1.54) is 5.56 Å². The van der Waals surface area contributed by atoms with Crippen LogP contribution in [0.3, 0.4) is 0 Å². The van der Waals surface area contributed by atoms with Gasteiger partial charge in [0.15, 0.2) is 11.9 Å². The number of carbonyl (C=O) groups excluding carboxylic acids is 1. The lowest BCUT2D eigenvalue weighted by Crippen LogP contribution is -2.45.